The zero-order valence-electron chi connectivity index (χ0n) is 20.8. The first-order valence-corrected chi connectivity index (χ1v) is 13.0. The molecule has 0 amide bonds. The van der Waals surface area contributed by atoms with Gasteiger partial charge in [0.2, 0.25) is 0 Å². The van der Waals surface area contributed by atoms with Gasteiger partial charge in [-0.3, -0.25) is 9.80 Å². The van der Waals surface area contributed by atoms with Crippen LogP contribution in [0, 0.1) is 0 Å². The average molecular weight is 488 g/mol. The molecule has 0 aliphatic carbocycles. The third-order valence-electron chi connectivity index (χ3n) is 7.43. The number of piperazine rings is 1. The summed E-state index contributed by atoms with van der Waals surface area (Å²) < 4.78 is 6.31. The largest absolute Gasteiger partial charge is 0.394 e. The molecule has 0 spiro atoms. The maximum Gasteiger partial charge on any atom is 0.109 e. The molecule has 0 saturated carbocycles. The minimum atomic E-state index is -0.710. The van der Waals surface area contributed by atoms with Crippen LogP contribution in [0.1, 0.15) is 11.1 Å². The molecule has 190 valence electrons. The molecular formula is C30H37N3O3. The third kappa shape index (κ3) is 5.97. The Balaban J connectivity index is 1.31. The monoisotopic (exact) mass is 487 g/mol. The fraction of sp³-hybridized carbons (Fsp3) is 0.400. The highest BCUT2D eigenvalue weighted by Crippen LogP contribution is 2.29. The molecule has 0 bridgehead atoms. The third-order valence-corrected chi connectivity index (χ3v) is 7.43. The Bertz CT molecular complexity index is 1000. The lowest BCUT2D eigenvalue weighted by atomic mass is 10.0. The van der Waals surface area contributed by atoms with E-state index in [1.165, 1.54) is 16.8 Å². The minimum absolute atomic E-state index is 0.144. The molecular weight excluding hydrogens is 450 g/mol. The highest BCUT2D eigenvalue weighted by Gasteiger charge is 2.47. The van der Waals surface area contributed by atoms with E-state index >= 15 is 0 Å². The Morgan fingerprint density at radius 2 is 1.25 bits per heavy atom. The summed E-state index contributed by atoms with van der Waals surface area (Å²) in [6.45, 7) is 5.62. The molecule has 2 saturated heterocycles. The summed E-state index contributed by atoms with van der Waals surface area (Å²) in [5.74, 6) is 0. The normalized spacial score (nSPS) is 24.9. The van der Waals surface area contributed by atoms with Crippen molar-refractivity contribution in [1.82, 2.24) is 9.80 Å². The van der Waals surface area contributed by atoms with Crippen LogP contribution >= 0.6 is 0 Å². The van der Waals surface area contributed by atoms with E-state index in [0.29, 0.717) is 6.54 Å². The van der Waals surface area contributed by atoms with Crippen molar-refractivity contribution >= 4 is 5.69 Å². The Kier molecular flexibility index (Phi) is 8.31. The molecule has 3 aromatic carbocycles. The predicted octanol–water partition coefficient (Wildman–Crippen LogP) is 3.00. The maximum atomic E-state index is 11.2. The molecule has 2 N–H and O–H groups in total. The zero-order valence-corrected chi connectivity index (χ0v) is 20.8. The number of benzene rings is 3. The number of para-hydroxylation sites is 1. The fourth-order valence-electron chi connectivity index (χ4n) is 5.62. The Labute approximate surface area is 214 Å². The van der Waals surface area contributed by atoms with Crippen LogP contribution in [0.3, 0.4) is 0 Å². The second-order valence-corrected chi connectivity index (χ2v) is 9.88. The summed E-state index contributed by atoms with van der Waals surface area (Å²) in [4.78, 5) is 7.16. The molecule has 6 nitrogen and oxygen atoms in total. The number of ether oxygens (including phenoxy) is 1. The summed E-state index contributed by atoms with van der Waals surface area (Å²) in [7, 11) is 0. The van der Waals surface area contributed by atoms with E-state index in [1.807, 2.05) is 18.2 Å². The summed E-state index contributed by atoms with van der Waals surface area (Å²) in [6, 6.07) is 31.3. The molecule has 0 unspecified atom stereocenters. The van der Waals surface area contributed by atoms with E-state index in [2.05, 4.69) is 87.5 Å². The van der Waals surface area contributed by atoms with Crippen molar-refractivity contribution < 1.29 is 14.9 Å². The number of rotatable bonds is 9. The summed E-state index contributed by atoms with van der Waals surface area (Å²) in [5, 5.41) is 21.1. The van der Waals surface area contributed by atoms with Gasteiger partial charge < -0.3 is 19.8 Å². The first-order chi connectivity index (χ1) is 17.7. The SMILES string of the molecule is OC[C@@H]1O[C@@H](CN(Cc2ccccc2)Cc2ccccc2)[C@H](N2CCN(c3ccccc3)CC2)[C@@H]1O. The van der Waals surface area contributed by atoms with Gasteiger partial charge in [-0.05, 0) is 23.3 Å². The van der Waals surface area contributed by atoms with Crippen LogP contribution in [0.2, 0.25) is 0 Å². The number of nitrogens with zero attached hydrogens (tertiary/aromatic N) is 3. The second-order valence-electron chi connectivity index (χ2n) is 9.88. The Hall–Kier alpha value is -2.74. The lowest BCUT2D eigenvalue weighted by Crippen LogP contribution is -2.57. The van der Waals surface area contributed by atoms with Crippen molar-refractivity contribution in [3.63, 3.8) is 0 Å². The van der Waals surface area contributed by atoms with Gasteiger partial charge in [0.15, 0.2) is 0 Å². The van der Waals surface area contributed by atoms with Gasteiger partial charge in [0.1, 0.15) is 12.2 Å². The number of anilines is 1. The van der Waals surface area contributed by atoms with Gasteiger partial charge in [0.25, 0.3) is 0 Å². The van der Waals surface area contributed by atoms with Crippen molar-refractivity contribution in [2.24, 2.45) is 0 Å². The van der Waals surface area contributed by atoms with Gasteiger partial charge in [-0.1, -0.05) is 78.9 Å². The standard InChI is InChI=1S/C30H37N3O3/c34-23-28-30(35)29(33-18-16-32(17-19-33)26-14-8-3-9-15-26)27(36-28)22-31(20-24-10-4-1-5-11-24)21-25-12-6-2-7-13-25/h1-15,27-30,34-35H,16-23H2/t27-,28-,29-,30+/m0/s1. The van der Waals surface area contributed by atoms with Crippen LogP contribution in [0.25, 0.3) is 0 Å². The molecule has 2 aliphatic heterocycles. The predicted molar refractivity (Wildman–Crippen MR) is 143 cm³/mol. The van der Waals surface area contributed by atoms with Crippen LogP contribution in [0.15, 0.2) is 91.0 Å². The van der Waals surface area contributed by atoms with E-state index in [-0.39, 0.29) is 18.8 Å². The van der Waals surface area contributed by atoms with E-state index in [0.717, 1.165) is 39.3 Å². The molecule has 2 aliphatic rings. The van der Waals surface area contributed by atoms with Crippen molar-refractivity contribution in [2.75, 3.05) is 44.2 Å². The van der Waals surface area contributed by atoms with E-state index in [4.69, 9.17) is 4.74 Å². The highest BCUT2D eigenvalue weighted by atomic mass is 16.5. The smallest absolute Gasteiger partial charge is 0.109 e. The van der Waals surface area contributed by atoms with Crippen LogP contribution in [0.5, 0.6) is 0 Å². The topological polar surface area (TPSA) is 59.4 Å². The van der Waals surface area contributed by atoms with Gasteiger partial charge in [0, 0.05) is 51.5 Å². The molecule has 4 atom stereocenters. The molecule has 6 heteroatoms. The Morgan fingerprint density at radius 1 is 0.722 bits per heavy atom. The molecule has 0 radical (unpaired) electrons. The van der Waals surface area contributed by atoms with E-state index in [9.17, 15) is 10.2 Å². The van der Waals surface area contributed by atoms with Crippen LogP contribution in [-0.4, -0.2) is 83.7 Å². The summed E-state index contributed by atoms with van der Waals surface area (Å²) in [5.41, 5.74) is 3.74. The lowest BCUT2D eigenvalue weighted by molar-refractivity contribution is -0.0325. The molecule has 36 heavy (non-hydrogen) atoms. The number of aliphatic hydroxyl groups is 2. The molecule has 2 heterocycles. The first-order valence-electron chi connectivity index (χ1n) is 13.0. The van der Waals surface area contributed by atoms with Crippen molar-refractivity contribution in [1.29, 1.82) is 0 Å². The van der Waals surface area contributed by atoms with E-state index < -0.39 is 12.2 Å². The molecule has 2 fully saturated rings. The van der Waals surface area contributed by atoms with Gasteiger partial charge in [0.05, 0.1) is 18.8 Å². The molecule has 5 rings (SSSR count). The van der Waals surface area contributed by atoms with Crippen LogP contribution < -0.4 is 4.90 Å². The maximum absolute atomic E-state index is 11.2. The van der Waals surface area contributed by atoms with Gasteiger partial charge >= 0.3 is 0 Å². The van der Waals surface area contributed by atoms with Crippen molar-refractivity contribution in [3.05, 3.63) is 102 Å². The quantitative estimate of drug-likeness (QED) is 0.484. The lowest BCUT2D eigenvalue weighted by Gasteiger charge is -2.42. The average Bonchev–Trinajstić information content (AvgIpc) is 3.25. The molecule has 3 aromatic rings. The fourth-order valence-corrected chi connectivity index (χ4v) is 5.62. The van der Waals surface area contributed by atoms with Crippen molar-refractivity contribution in [2.45, 2.75) is 37.4 Å². The van der Waals surface area contributed by atoms with Gasteiger partial charge in [-0.15, -0.1) is 0 Å². The number of aliphatic hydroxyl groups excluding tert-OH is 2. The first kappa shape index (κ1) is 24.9. The zero-order chi connectivity index (χ0) is 24.7. The summed E-state index contributed by atoms with van der Waals surface area (Å²) in [6.07, 6.45) is -1.45. The van der Waals surface area contributed by atoms with Crippen LogP contribution in [-0.2, 0) is 17.8 Å². The van der Waals surface area contributed by atoms with Crippen molar-refractivity contribution in [3.8, 4) is 0 Å². The summed E-state index contributed by atoms with van der Waals surface area (Å²) >= 11 is 0. The highest BCUT2D eigenvalue weighted by molar-refractivity contribution is 5.46. The second kappa shape index (κ2) is 12.0. The van der Waals surface area contributed by atoms with E-state index in [1.54, 1.807) is 0 Å². The minimum Gasteiger partial charge on any atom is -0.394 e. The van der Waals surface area contributed by atoms with Gasteiger partial charge in [-0.2, -0.15) is 0 Å². The number of hydrogen-bond acceptors (Lipinski definition) is 6. The number of hydrogen-bond donors (Lipinski definition) is 2. The van der Waals surface area contributed by atoms with Crippen LogP contribution in [0.4, 0.5) is 5.69 Å². The Morgan fingerprint density at radius 3 is 1.78 bits per heavy atom. The van der Waals surface area contributed by atoms with Gasteiger partial charge in [-0.25, -0.2) is 0 Å². The molecule has 0 aromatic heterocycles.